The van der Waals surface area contributed by atoms with Gasteiger partial charge in [0.2, 0.25) is 5.91 Å². The second-order valence-electron chi connectivity index (χ2n) is 8.90. The molecule has 5 rings (SSSR count). The minimum atomic E-state index is -0.157. The molecule has 1 saturated heterocycles. The molecule has 1 spiro atoms. The van der Waals surface area contributed by atoms with E-state index >= 15 is 0 Å². The Hall–Kier alpha value is -2.22. The highest BCUT2D eigenvalue weighted by atomic mass is 32.1. The van der Waals surface area contributed by atoms with Crippen LogP contribution in [0, 0.1) is 17.3 Å². The van der Waals surface area contributed by atoms with Gasteiger partial charge in [-0.05, 0) is 49.9 Å². The summed E-state index contributed by atoms with van der Waals surface area (Å²) in [5, 5.41) is 9.83. The van der Waals surface area contributed by atoms with Gasteiger partial charge in [0, 0.05) is 43.8 Å². The summed E-state index contributed by atoms with van der Waals surface area (Å²) in [5.41, 5.74) is 1.86. The molecule has 2 amide bonds. The number of hydrogen-bond acceptors (Lipinski definition) is 5. The van der Waals surface area contributed by atoms with E-state index in [1.54, 1.807) is 17.1 Å². The van der Waals surface area contributed by atoms with Crippen molar-refractivity contribution in [1.29, 1.82) is 0 Å². The van der Waals surface area contributed by atoms with Gasteiger partial charge in [-0.1, -0.05) is 6.42 Å². The molecule has 0 bridgehead atoms. The third-order valence-corrected chi connectivity index (χ3v) is 7.74. The SMILES string of the molecule is Cn1cc(C(=O)Nc2nccs2)c(CC2CCN(C(=O)[C@@H]3CC34CCC4)CC2)n1. The number of rotatable bonds is 5. The zero-order chi connectivity index (χ0) is 20.0. The number of thiazole rings is 1. The Labute approximate surface area is 174 Å². The highest BCUT2D eigenvalue weighted by Crippen LogP contribution is 2.66. The van der Waals surface area contributed by atoms with Crippen molar-refractivity contribution in [2.75, 3.05) is 18.4 Å². The summed E-state index contributed by atoms with van der Waals surface area (Å²) in [6, 6.07) is 0. The summed E-state index contributed by atoms with van der Waals surface area (Å²) in [6.07, 6.45) is 11.1. The van der Waals surface area contributed by atoms with Crippen molar-refractivity contribution in [3.05, 3.63) is 29.0 Å². The van der Waals surface area contributed by atoms with Crippen LogP contribution in [0.2, 0.25) is 0 Å². The zero-order valence-corrected chi connectivity index (χ0v) is 17.6. The van der Waals surface area contributed by atoms with E-state index in [-0.39, 0.29) is 5.91 Å². The van der Waals surface area contributed by atoms with Gasteiger partial charge in [0.15, 0.2) is 5.13 Å². The van der Waals surface area contributed by atoms with Crippen molar-refractivity contribution in [2.24, 2.45) is 24.3 Å². The Bertz CT molecular complexity index is 910. The van der Waals surface area contributed by atoms with Crippen LogP contribution < -0.4 is 5.32 Å². The largest absolute Gasteiger partial charge is 0.342 e. The average Bonchev–Trinajstić information content (AvgIpc) is 3.07. The van der Waals surface area contributed by atoms with Crippen molar-refractivity contribution >= 4 is 28.3 Å². The maximum absolute atomic E-state index is 12.8. The number of hydrogen-bond donors (Lipinski definition) is 1. The van der Waals surface area contributed by atoms with Crippen LogP contribution in [0.5, 0.6) is 0 Å². The van der Waals surface area contributed by atoms with Gasteiger partial charge in [-0.25, -0.2) is 4.98 Å². The van der Waals surface area contributed by atoms with Crippen LogP contribution in [0.15, 0.2) is 17.8 Å². The molecular formula is C21H27N5O2S. The van der Waals surface area contributed by atoms with E-state index in [0.717, 1.165) is 44.5 Å². The van der Waals surface area contributed by atoms with Crippen molar-refractivity contribution in [3.8, 4) is 0 Å². The maximum atomic E-state index is 12.8. The van der Waals surface area contributed by atoms with E-state index in [1.165, 1.54) is 30.6 Å². The second-order valence-corrected chi connectivity index (χ2v) is 9.79. The molecule has 0 unspecified atom stereocenters. The van der Waals surface area contributed by atoms with E-state index in [9.17, 15) is 9.59 Å². The van der Waals surface area contributed by atoms with Gasteiger partial charge in [-0.2, -0.15) is 5.10 Å². The lowest BCUT2D eigenvalue weighted by molar-refractivity contribution is -0.135. The number of aryl methyl sites for hydroxylation is 1. The molecule has 3 heterocycles. The van der Waals surface area contributed by atoms with E-state index in [1.807, 2.05) is 12.4 Å². The van der Waals surface area contributed by atoms with Crippen LogP contribution in [-0.4, -0.2) is 44.6 Å². The molecule has 0 aromatic carbocycles. The molecule has 2 saturated carbocycles. The number of aromatic nitrogens is 3. The quantitative estimate of drug-likeness (QED) is 0.817. The Kier molecular flexibility index (Phi) is 4.69. The predicted molar refractivity (Wildman–Crippen MR) is 111 cm³/mol. The second kappa shape index (κ2) is 7.23. The zero-order valence-electron chi connectivity index (χ0n) is 16.8. The standard InChI is InChI=1S/C21H27N5O2S/c1-25-13-15(18(27)23-20-22-7-10-29-20)17(24-25)11-14-3-8-26(9-4-14)19(28)16-12-21(16)5-2-6-21/h7,10,13-14,16H,2-6,8-9,11-12H2,1H3,(H,22,23,27)/t16-/m0/s1. The fraction of sp³-hybridized carbons (Fsp3) is 0.619. The van der Waals surface area contributed by atoms with E-state index in [4.69, 9.17) is 0 Å². The van der Waals surface area contributed by atoms with Gasteiger partial charge in [0.05, 0.1) is 11.3 Å². The molecule has 1 aliphatic heterocycles. The van der Waals surface area contributed by atoms with Crippen LogP contribution in [0.3, 0.4) is 0 Å². The van der Waals surface area contributed by atoms with Gasteiger partial charge in [0.1, 0.15) is 0 Å². The van der Waals surface area contributed by atoms with Gasteiger partial charge in [-0.15, -0.1) is 11.3 Å². The third-order valence-electron chi connectivity index (χ3n) is 7.05. The lowest BCUT2D eigenvalue weighted by Crippen LogP contribution is -2.41. The first-order valence-corrected chi connectivity index (χ1v) is 11.4. The third kappa shape index (κ3) is 3.58. The van der Waals surface area contributed by atoms with Gasteiger partial charge < -0.3 is 4.90 Å². The molecule has 1 N–H and O–H groups in total. The molecule has 0 radical (unpaired) electrons. The maximum Gasteiger partial charge on any atom is 0.260 e. The summed E-state index contributed by atoms with van der Waals surface area (Å²) < 4.78 is 1.70. The molecule has 29 heavy (non-hydrogen) atoms. The minimum Gasteiger partial charge on any atom is -0.342 e. The molecule has 3 fully saturated rings. The predicted octanol–water partition coefficient (Wildman–Crippen LogP) is 3.10. The number of anilines is 1. The molecule has 2 aliphatic carbocycles. The number of amides is 2. The van der Waals surface area contributed by atoms with E-state index < -0.39 is 0 Å². The van der Waals surface area contributed by atoms with Crippen LogP contribution in [0.4, 0.5) is 5.13 Å². The van der Waals surface area contributed by atoms with Crippen molar-refractivity contribution < 1.29 is 9.59 Å². The average molecular weight is 414 g/mol. The van der Waals surface area contributed by atoms with E-state index in [2.05, 4.69) is 20.3 Å². The van der Waals surface area contributed by atoms with Crippen LogP contribution in [0.25, 0.3) is 0 Å². The summed E-state index contributed by atoms with van der Waals surface area (Å²) in [7, 11) is 1.84. The van der Waals surface area contributed by atoms with Gasteiger partial charge in [0.25, 0.3) is 5.91 Å². The highest BCUT2D eigenvalue weighted by molar-refractivity contribution is 7.13. The number of nitrogens with zero attached hydrogens (tertiary/aromatic N) is 4. The Morgan fingerprint density at radius 1 is 1.31 bits per heavy atom. The van der Waals surface area contributed by atoms with Crippen molar-refractivity contribution in [3.63, 3.8) is 0 Å². The highest BCUT2D eigenvalue weighted by Gasteiger charge is 2.61. The molecule has 2 aromatic heterocycles. The summed E-state index contributed by atoms with van der Waals surface area (Å²) in [5.74, 6) is 1.00. The topological polar surface area (TPSA) is 80.1 Å². The number of nitrogens with one attached hydrogen (secondary N) is 1. The normalized spacial score (nSPS) is 23.1. The molecule has 3 aliphatic rings. The number of likely N-dealkylation sites (tertiary alicyclic amines) is 1. The first kappa shape index (κ1) is 18.8. The molecule has 2 aromatic rings. The van der Waals surface area contributed by atoms with Gasteiger partial charge in [-0.3, -0.25) is 19.6 Å². The van der Waals surface area contributed by atoms with Crippen LogP contribution >= 0.6 is 11.3 Å². The van der Waals surface area contributed by atoms with E-state index in [0.29, 0.717) is 33.9 Å². The fourth-order valence-corrected chi connectivity index (χ4v) is 5.58. The number of piperidine rings is 1. The Morgan fingerprint density at radius 2 is 2.10 bits per heavy atom. The number of carbonyl (C=O) groups is 2. The molecule has 8 heteroatoms. The minimum absolute atomic E-state index is 0.157. The molecule has 7 nitrogen and oxygen atoms in total. The van der Waals surface area contributed by atoms with Gasteiger partial charge >= 0.3 is 0 Å². The summed E-state index contributed by atoms with van der Waals surface area (Å²) >= 11 is 1.40. The molecule has 1 atom stereocenters. The smallest absolute Gasteiger partial charge is 0.260 e. The van der Waals surface area contributed by atoms with Crippen molar-refractivity contribution in [1.82, 2.24) is 19.7 Å². The van der Waals surface area contributed by atoms with Crippen molar-refractivity contribution in [2.45, 2.75) is 44.9 Å². The Balaban J connectivity index is 1.17. The van der Waals surface area contributed by atoms with Crippen LogP contribution in [-0.2, 0) is 18.3 Å². The number of carbonyl (C=O) groups excluding carboxylic acids is 2. The van der Waals surface area contributed by atoms with Crippen LogP contribution in [0.1, 0.15) is 54.6 Å². The molecular weight excluding hydrogens is 386 g/mol. The first-order chi connectivity index (χ1) is 14.0. The summed E-state index contributed by atoms with van der Waals surface area (Å²) in [4.78, 5) is 31.6. The molecule has 154 valence electrons. The lowest BCUT2D eigenvalue weighted by atomic mass is 9.79. The lowest BCUT2D eigenvalue weighted by Gasteiger charge is -2.34. The first-order valence-electron chi connectivity index (χ1n) is 10.6. The Morgan fingerprint density at radius 3 is 2.72 bits per heavy atom. The summed E-state index contributed by atoms with van der Waals surface area (Å²) in [6.45, 7) is 1.67. The monoisotopic (exact) mass is 413 g/mol. The fourth-order valence-electron chi connectivity index (χ4n) is 5.06.